The number of hydrogen-bond acceptors (Lipinski definition) is 1. The molecule has 60 valence electrons. The van der Waals surface area contributed by atoms with E-state index in [1.165, 1.54) is 18.4 Å². The van der Waals surface area contributed by atoms with Gasteiger partial charge < -0.3 is 0 Å². The highest BCUT2D eigenvalue weighted by atomic mass is 14.7. The average Bonchev–Trinajstić information content (AvgIpc) is 2.06. The second kappa shape index (κ2) is 4.12. The van der Waals surface area contributed by atoms with Crippen LogP contribution in [0, 0.1) is 0 Å². The summed E-state index contributed by atoms with van der Waals surface area (Å²) in [5.41, 5.74) is 2.42. The first-order chi connectivity index (χ1) is 5.29. The number of hydrogen-bond donors (Lipinski definition) is 0. The van der Waals surface area contributed by atoms with Gasteiger partial charge in [-0.25, -0.2) is 0 Å². The monoisotopic (exact) mass is 149 g/mol. The maximum atomic E-state index is 4.29. The molecule has 0 fully saturated rings. The summed E-state index contributed by atoms with van der Waals surface area (Å²) in [7, 11) is 0. The molecule has 0 radical (unpaired) electrons. The van der Waals surface area contributed by atoms with Gasteiger partial charge in [-0.2, -0.15) is 0 Å². The Morgan fingerprint density at radius 3 is 2.73 bits per heavy atom. The molecule has 0 saturated carbocycles. The van der Waals surface area contributed by atoms with Crippen LogP contribution < -0.4 is 0 Å². The van der Waals surface area contributed by atoms with Crippen LogP contribution in [0.1, 0.15) is 33.1 Å². The molecule has 0 saturated heterocycles. The molecule has 1 nitrogen and oxygen atoms in total. The summed E-state index contributed by atoms with van der Waals surface area (Å²) in [6.45, 7) is 4.15. The van der Waals surface area contributed by atoms with E-state index in [1.54, 1.807) is 0 Å². The molecule has 0 spiro atoms. The molecule has 1 heteroatoms. The molecule has 1 aliphatic rings. The Hall–Kier alpha value is -0.850. The van der Waals surface area contributed by atoms with Crippen molar-refractivity contribution in [2.45, 2.75) is 33.1 Å². The fraction of sp³-hybridized carbons (Fsp3) is 0.500. The number of allylic oxidation sites excluding steroid dienone is 4. The summed E-state index contributed by atoms with van der Waals surface area (Å²) in [6, 6.07) is 0. The first-order valence-electron chi connectivity index (χ1n) is 4.16. The maximum absolute atomic E-state index is 4.29. The Labute approximate surface area is 68.5 Å². The van der Waals surface area contributed by atoms with Crippen molar-refractivity contribution < 1.29 is 0 Å². The highest BCUT2D eigenvalue weighted by molar-refractivity contribution is 5.78. The minimum Gasteiger partial charge on any atom is -0.262 e. The molecule has 0 aromatic carbocycles. The van der Waals surface area contributed by atoms with Crippen LogP contribution in [0.4, 0.5) is 0 Å². The lowest BCUT2D eigenvalue weighted by Crippen LogP contribution is -1.76. The zero-order valence-corrected chi connectivity index (χ0v) is 7.30. The van der Waals surface area contributed by atoms with Gasteiger partial charge in [-0.3, -0.25) is 4.99 Å². The van der Waals surface area contributed by atoms with E-state index in [0.717, 1.165) is 12.1 Å². The molecule has 0 amide bonds. The van der Waals surface area contributed by atoms with E-state index in [-0.39, 0.29) is 0 Å². The van der Waals surface area contributed by atoms with Crippen molar-refractivity contribution in [2.75, 3.05) is 0 Å². The van der Waals surface area contributed by atoms with Crippen molar-refractivity contribution >= 4 is 6.21 Å². The molecule has 0 atom stereocenters. The minimum absolute atomic E-state index is 1.14. The van der Waals surface area contributed by atoms with Gasteiger partial charge >= 0.3 is 0 Å². The molecular weight excluding hydrogens is 134 g/mol. The van der Waals surface area contributed by atoms with Crippen LogP contribution in [0.2, 0.25) is 0 Å². The second-order valence-corrected chi connectivity index (χ2v) is 2.98. The minimum atomic E-state index is 1.14. The third-order valence-corrected chi connectivity index (χ3v) is 1.79. The summed E-state index contributed by atoms with van der Waals surface area (Å²) in [6.07, 6.45) is 9.97. The standard InChI is InChI=1S/C10H15N/c1-9-6-4-3-5-7-10(2)11-8-9/h6-8H,3-5H2,1-2H3/b9-6?,10-7+,11-8?. The smallest absolute Gasteiger partial charge is 0.0332 e. The fourth-order valence-electron chi connectivity index (χ4n) is 1.07. The van der Waals surface area contributed by atoms with E-state index in [4.69, 9.17) is 0 Å². The van der Waals surface area contributed by atoms with Gasteiger partial charge in [0, 0.05) is 11.9 Å². The van der Waals surface area contributed by atoms with Crippen LogP contribution >= 0.6 is 0 Å². The third-order valence-electron chi connectivity index (χ3n) is 1.79. The van der Waals surface area contributed by atoms with Crippen molar-refractivity contribution in [2.24, 2.45) is 4.99 Å². The van der Waals surface area contributed by atoms with Crippen LogP contribution in [0.15, 0.2) is 28.4 Å². The van der Waals surface area contributed by atoms with E-state index in [9.17, 15) is 0 Å². The molecular formula is C10H15N. The fourth-order valence-corrected chi connectivity index (χ4v) is 1.07. The van der Waals surface area contributed by atoms with Crippen LogP contribution in [-0.2, 0) is 0 Å². The molecule has 1 rings (SSSR count). The van der Waals surface area contributed by atoms with Gasteiger partial charge in [-0.05, 0) is 38.7 Å². The molecule has 0 N–H and O–H groups in total. The van der Waals surface area contributed by atoms with Gasteiger partial charge in [0.15, 0.2) is 0 Å². The Bertz CT molecular complexity index is 187. The molecule has 1 aliphatic heterocycles. The zero-order valence-electron chi connectivity index (χ0n) is 7.30. The van der Waals surface area contributed by atoms with Crippen molar-refractivity contribution in [3.63, 3.8) is 0 Å². The van der Waals surface area contributed by atoms with Gasteiger partial charge in [0.25, 0.3) is 0 Å². The van der Waals surface area contributed by atoms with Crippen LogP contribution in [0.3, 0.4) is 0 Å². The second-order valence-electron chi connectivity index (χ2n) is 2.98. The summed E-state index contributed by atoms with van der Waals surface area (Å²) in [5, 5.41) is 0. The lowest BCUT2D eigenvalue weighted by atomic mass is 10.2. The lowest BCUT2D eigenvalue weighted by Gasteiger charge is -1.89. The van der Waals surface area contributed by atoms with Gasteiger partial charge in [-0.15, -0.1) is 0 Å². The average molecular weight is 149 g/mol. The number of rotatable bonds is 0. The molecule has 11 heavy (non-hydrogen) atoms. The predicted octanol–water partition coefficient (Wildman–Crippen LogP) is 3.09. The van der Waals surface area contributed by atoms with Gasteiger partial charge in [0.2, 0.25) is 0 Å². The third kappa shape index (κ3) is 3.17. The molecule has 0 aliphatic carbocycles. The van der Waals surface area contributed by atoms with Gasteiger partial charge in [0.1, 0.15) is 0 Å². The van der Waals surface area contributed by atoms with Crippen LogP contribution in [0.25, 0.3) is 0 Å². The predicted molar refractivity (Wildman–Crippen MR) is 49.9 cm³/mol. The van der Waals surface area contributed by atoms with E-state index in [0.29, 0.717) is 0 Å². The number of aliphatic imine (C=N–C) groups is 1. The zero-order chi connectivity index (χ0) is 8.10. The van der Waals surface area contributed by atoms with Gasteiger partial charge in [-0.1, -0.05) is 12.2 Å². The van der Waals surface area contributed by atoms with Crippen molar-refractivity contribution in [1.29, 1.82) is 0 Å². The van der Waals surface area contributed by atoms with Crippen LogP contribution in [-0.4, -0.2) is 6.21 Å². The normalized spacial score (nSPS) is 24.2. The Balaban J connectivity index is 2.70. The van der Waals surface area contributed by atoms with Crippen molar-refractivity contribution in [3.05, 3.63) is 23.4 Å². The first kappa shape index (κ1) is 8.25. The van der Waals surface area contributed by atoms with Crippen molar-refractivity contribution in [3.8, 4) is 0 Å². The molecule has 0 aromatic heterocycles. The molecule has 0 bridgehead atoms. The summed E-state index contributed by atoms with van der Waals surface area (Å²) in [4.78, 5) is 4.29. The Kier molecular flexibility index (Phi) is 3.09. The summed E-state index contributed by atoms with van der Waals surface area (Å²) >= 11 is 0. The van der Waals surface area contributed by atoms with E-state index >= 15 is 0 Å². The summed E-state index contributed by atoms with van der Waals surface area (Å²) in [5.74, 6) is 0. The molecule has 0 unspecified atom stereocenters. The highest BCUT2D eigenvalue weighted by Gasteiger charge is 1.90. The van der Waals surface area contributed by atoms with E-state index < -0.39 is 0 Å². The first-order valence-corrected chi connectivity index (χ1v) is 4.16. The van der Waals surface area contributed by atoms with E-state index in [1.807, 2.05) is 6.21 Å². The number of nitrogens with zero attached hydrogens (tertiary/aromatic N) is 1. The lowest BCUT2D eigenvalue weighted by molar-refractivity contribution is 0.861. The van der Waals surface area contributed by atoms with Crippen LogP contribution in [0.5, 0.6) is 0 Å². The van der Waals surface area contributed by atoms with Gasteiger partial charge in [0.05, 0.1) is 0 Å². The highest BCUT2D eigenvalue weighted by Crippen LogP contribution is 2.07. The molecule has 1 heterocycles. The molecule has 0 aromatic rings. The largest absolute Gasteiger partial charge is 0.262 e. The van der Waals surface area contributed by atoms with Crippen molar-refractivity contribution in [1.82, 2.24) is 0 Å². The summed E-state index contributed by atoms with van der Waals surface area (Å²) < 4.78 is 0. The quantitative estimate of drug-likeness (QED) is 0.502. The Morgan fingerprint density at radius 2 is 1.91 bits per heavy atom. The SMILES string of the molecule is CC1=CCCC/C=C(\C)N=C1. The Morgan fingerprint density at radius 1 is 1.18 bits per heavy atom. The topological polar surface area (TPSA) is 12.4 Å². The maximum Gasteiger partial charge on any atom is 0.0332 e. The van der Waals surface area contributed by atoms with E-state index in [2.05, 4.69) is 31.0 Å².